The molecule has 0 spiro atoms. The van der Waals surface area contributed by atoms with E-state index in [9.17, 15) is 10.1 Å². The third-order valence-electron chi connectivity index (χ3n) is 2.65. The highest BCUT2D eigenvalue weighted by Gasteiger charge is 2.12. The van der Waals surface area contributed by atoms with Gasteiger partial charge in [0, 0.05) is 18.1 Å². The fourth-order valence-electron chi connectivity index (χ4n) is 1.73. The number of rotatable bonds is 5. The Bertz CT molecular complexity index is 586. The van der Waals surface area contributed by atoms with Crippen molar-refractivity contribution in [2.45, 2.75) is 6.42 Å². The summed E-state index contributed by atoms with van der Waals surface area (Å²) in [7, 11) is 0. The van der Waals surface area contributed by atoms with Crippen LogP contribution in [0.15, 0.2) is 48.5 Å². The van der Waals surface area contributed by atoms with E-state index < -0.39 is 0 Å². The van der Waals surface area contributed by atoms with Crippen LogP contribution in [0.2, 0.25) is 5.02 Å². The zero-order valence-corrected chi connectivity index (χ0v) is 10.8. The monoisotopic (exact) mass is 277 g/mol. The maximum Gasteiger partial charge on any atom is 0.272 e. The summed E-state index contributed by atoms with van der Waals surface area (Å²) in [5, 5.41) is 11.4. The van der Waals surface area contributed by atoms with E-state index in [1.807, 2.05) is 12.1 Å². The summed E-state index contributed by atoms with van der Waals surface area (Å²) in [5.41, 5.74) is 0.768. The normalized spacial score (nSPS) is 10.2. The number of hydrogen-bond acceptors (Lipinski definition) is 3. The van der Waals surface area contributed by atoms with Crippen molar-refractivity contribution in [1.82, 2.24) is 0 Å². The predicted molar refractivity (Wildman–Crippen MR) is 73.7 cm³/mol. The minimum Gasteiger partial charge on any atom is -0.492 e. The number of hydrogen-bond donors (Lipinski definition) is 0. The van der Waals surface area contributed by atoms with Crippen LogP contribution >= 0.6 is 11.6 Å². The van der Waals surface area contributed by atoms with Gasteiger partial charge in [-0.05, 0) is 12.1 Å². The van der Waals surface area contributed by atoms with E-state index in [0.717, 1.165) is 0 Å². The molecule has 0 N–H and O–H groups in total. The van der Waals surface area contributed by atoms with Crippen LogP contribution in [0.4, 0.5) is 5.69 Å². The molecule has 0 aliphatic carbocycles. The summed E-state index contributed by atoms with van der Waals surface area (Å²) in [5.74, 6) is 0.586. The second kappa shape index (κ2) is 6.20. The number of ether oxygens (including phenoxy) is 1. The van der Waals surface area contributed by atoms with Crippen molar-refractivity contribution in [2.24, 2.45) is 0 Å². The summed E-state index contributed by atoms with van der Waals surface area (Å²) in [4.78, 5) is 10.5. The quantitative estimate of drug-likeness (QED) is 0.616. The van der Waals surface area contributed by atoms with Gasteiger partial charge in [0.2, 0.25) is 0 Å². The Kier molecular flexibility index (Phi) is 4.36. The van der Waals surface area contributed by atoms with Crippen LogP contribution in [0, 0.1) is 10.1 Å². The van der Waals surface area contributed by atoms with E-state index in [1.54, 1.807) is 30.3 Å². The minimum absolute atomic E-state index is 0.116. The van der Waals surface area contributed by atoms with Crippen molar-refractivity contribution in [2.75, 3.05) is 6.61 Å². The van der Waals surface area contributed by atoms with Gasteiger partial charge in [-0.25, -0.2) is 0 Å². The Morgan fingerprint density at radius 1 is 1.11 bits per heavy atom. The van der Waals surface area contributed by atoms with Crippen LogP contribution < -0.4 is 4.74 Å². The van der Waals surface area contributed by atoms with Gasteiger partial charge in [-0.15, -0.1) is 0 Å². The second-order valence-electron chi connectivity index (χ2n) is 3.91. The van der Waals surface area contributed by atoms with Gasteiger partial charge in [0.25, 0.3) is 5.69 Å². The summed E-state index contributed by atoms with van der Waals surface area (Å²) in [6.45, 7) is 0.342. The molecule has 2 rings (SSSR count). The largest absolute Gasteiger partial charge is 0.492 e. The number of halogens is 1. The van der Waals surface area contributed by atoms with Gasteiger partial charge in [0.05, 0.1) is 16.6 Å². The lowest BCUT2D eigenvalue weighted by Crippen LogP contribution is -2.04. The molecule has 0 heterocycles. The first-order valence-corrected chi connectivity index (χ1v) is 6.16. The van der Waals surface area contributed by atoms with Gasteiger partial charge < -0.3 is 4.74 Å². The molecule has 0 amide bonds. The van der Waals surface area contributed by atoms with E-state index >= 15 is 0 Å². The highest BCUT2D eigenvalue weighted by molar-refractivity contribution is 6.32. The first kappa shape index (κ1) is 13.4. The maximum atomic E-state index is 10.9. The number of nitro benzene ring substituents is 1. The number of nitro groups is 1. The van der Waals surface area contributed by atoms with E-state index in [0.29, 0.717) is 29.4 Å². The number of nitrogens with zero attached hydrogens (tertiary/aromatic N) is 1. The first-order valence-electron chi connectivity index (χ1n) is 5.78. The number of para-hydroxylation sites is 2. The molecule has 4 nitrogen and oxygen atoms in total. The standard InChI is InChI=1S/C14H12ClNO3/c15-12-6-2-4-8-14(12)19-10-9-11-5-1-3-7-13(11)16(17)18/h1-8H,9-10H2. The Morgan fingerprint density at radius 2 is 1.79 bits per heavy atom. The molecule has 0 aliphatic rings. The van der Waals surface area contributed by atoms with Crippen LogP contribution in [0.25, 0.3) is 0 Å². The zero-order chi connectivity index (χ0) is 13.7. The molecule has 0 saturated heterocycles. The minimum atomic E-state index is -0.384. The molecule has 2 aromatic carbocycles. The SMILES string of the molecule is O=[N+]([O-])c1ccccc1CCOc1ccccc1Cl. The molecule has 0 saturated carbocycles. The van der Waals surface area contributed by atoms with E-state index in [2.05, 4.69) is 0 Å². The summed E-state index contributed by atoms with van der Waals surface area (Å²) >= 11 is 5.95. The third-order valence-corrected chi connectivity index (χ3v) is 2.97. The molecule has 0 radical (unpaired) electrons. The average Bonchev–Trinajstić information content (AvgIpc) is 2.41. The first-order chi connectivity index (χ1) is 9.18. The van der Waals surface area contributed by atoms with Crippen molar-refractivity contribution in [3.8, 4) is 5.75 Å². The van der Waals surface area contributed by atoms with Crippen LogP contribution in [0.5, 0.6) is 5.75 Å². The van der Waals surface area contributed by atoms with Crippen LogP contribution in [0.1, 0.15) is 5.56 Å². The van der Waals surface area contributed by atoms with E-state index in [1.165, 1.54) is 6.07 Å². The molecular weight excluding hydrogens is 266 g/mol. The average molecular weight is 278 g/mol. The number of benzene rings is 2. The highest BCUT2D eigenvalue weighted by Crippen LogP contribution is 2.24. The van der Waals surface area contributed by atoms with E-state index in [4.69, 9.17) is 16.3 Å². The smallest absolute Gasteiger partial charge is 0.272 e. The summed E-state index contributed by atoms with van der Waals surface area (Å²) in [6.07, 6.45) is 0.461. The molecule has 0 aliphatic heterocycles. The Balaban J connectivity index is 2.00. The van der Waals surface area contributed by atoms with Crippen molar-refractivity contribution in [1.29, 1.82) is 0 Å². The molecule has 0 unspecified atom stereocenters. The molecule has 0 aromatic heterocycles. The van der Waals surface area contributed by atoms with E-state index in [-0.39, 0.29) is 10.6 Å². The van der Waals surface area contributed by atoms with Crippen LogP contribution in [0.3, 0.4) is 0 Å². The molecule has 5 heteroatoms. The van der Waals surface area contributed by atoms with Crippen molar-refractivity contribution in [3.63, 3.8) is 0 Å². The highest BCUT2D eigenvalue weighted by atomic mass is 35.5. The molecule has 0 fully saturated rings. The predicted octanol–water partition coefficient (Wildman–Crippen LogP) is 3.87. The van der Waals surface area contributed by atoms with Gasteiger partial charge in [-0.1, -0.05) is 41.9 Å². The Labute approximate surface area is 115 Å². The topological polar surface area (TPSA) is 52.4 Å². The molecule has 0 bridgehead atoms. The molecule has 0 atom stereocenters. The van der Waals surface area contributed by atoms with Crippen molar-refractivity contribution in [3.05, 3.63) is 69.2 Å². The van der Waals surface area contributed by atoms with Gasteiger partial charge in [0.1, 0.15) is 5.75 Å². The van der Waals surface area contributed by atoms with Crippen LogP contribution in [-0.2, 0) is 6.42 Å². The van der Waals surface area contributed by atoms with Gasteiger partial charge in [-0.2, -0.15) is 0 Å². The van der Waals surface area contributed by atoms with Gasteiger partial charge >= 0.3 is 0 Å². The van der Waals surface area contributed by atoms with Gasteiger partial charge in [0.15, 0.2) is 0 Å². The zero-order valence-electron chi connectivity index (χ0n) is 10.1. The lowest BCUT2D eigenvalue weighted by molar-refractivity contribution is -0.385. The molecule has 98 valence electrons. The molecular formula is C14H12ClNO3. The van der Waals surface area contributed by atoms with Crippen molar-refractivity contribution >= 4 is 17.3 Å². The molecule has 19 heavy (non-hydrogen) atoms. The third kappa shape index (κ3) is 3.45. The van der Waals surface area contributed by atoms with Gasteiger partial charge in [-0.3, -0.25) is 10.1 Å². The summed E-state index contributed by atoms with van der Waals surface area (Å²) in [6, 6.07) is 13.8. The second-order valence-corrected chi connectivity index (χ2v) is 4.32. The van der Waals surface area contributed by atoms with Crippen molar-refractivity contribution < 1.29 is 9.66 Å². The van der Waals surface area contributed by atoms with Crippen LogP contribution in [-0.4, -0.2) is 11.5 Å². The maximum absolute atomic E-state index is 10.9. The lowest BCUT2D eigenvalue weighted by Gasteiger charge is -2.07. The summed E-state index contributed by atoms with van der Waals surface area (Å²) < 4.78 is 5.52. The Hall–Kier alpha value is -2.07. The lowest BCUT2D eigenvalue weighted by atomic mass is 10.1. The molecule has 2 aromatic rings. The fourth-order valence-corrected chi connectivity index (χ4v) is 1.92. The fraction of sp³-hybridized carbons (Fsp3) is 0.143. The Morgan fingerprint density at radius 3 is 2.53 bits per heavy atom.